The van der Waals surface area contributed by atoms with Crippen LogP contribution in [0.3, 0.4) is 0 Å². The normalized spacial score (nSPS) is 18.7. The third-order valence-electron chi connectivity index (χ3n) is 1.73. The summed E-state index contributed by atoms with van der Waals surface area (Å²) >= 11 is 0. The predicted molar refractivity (Wildman–Crippen MR) is 45.3 cm³/mol. The zero-order valence-corrected chi connectivity index (χ0v) is 7.08. The van der Waals surface area contributed by atoms with Gasteiger partial charge in [0.2, 0.25) is 0 Å². The SMILES string of the molecule is O=S1(=O)CC=Cc2ncccc21. The van der Waals surface area contributed by atoms with Crippen molar-refractivity contribution in [3.63, 3.8) is 0 Å². The Morgan fingerprint density at radius 3 is 3.00 bits per heavy atom. The summed E-state index contributed by atoms with van der Waals surface area (Å²) in [5, 5.41) is 0. The molecule has 0 atom stereocenters. The Morgan fingerprint density at radius 1 is 1.42 bits per heavy atom. The molecule has 1 aromatic heterocycles. The molecule has 12 heavy (non-hydrogen) atoms. The third kappa shape index (κ3) is 1.04. The summed E-state index contributed by atoms with van der Waals surface area (Å²) in [4.78, 5) is 4.29. The van der Waals surface area contributed by atoms with Crippen molar-refractivity contribution in [2.75, 3.05) is 5.75 Å². The molecule has 0 spiro atoms. The van der Waals surface area contributed by atoms with E-state index in [0.29, 0.717) is 10.6 Å². The van der Waals surface area contributed by atoms with E-state index in [1.807, 2.05) is 0 Å². The molecule has 0 aliphatic carbocycles. The molecular formula is C8H7NO2S. The first-order chi connectivity index (χ1) is 5.70. The molecule has 1 aromatic rings. The van der Waals surface area contributed by atoms with Gasteiger partial charge in [-0.1, -0.05) is 6.08 Å². The van der Waals surface area contributed by atoms with Gasteiger partial charge in [0.05, 0.1) is 16.3 Å². The van der Waals surface area contributed by atoms with Gasteiger partial charge in [-0.05, 0) is 18.2 Å². The molecule has 2 rings (SSSR count). The van der Waals surface area contributed by atoms with Crippen LogP contribution in [0, 0.1) is 0 Å². The first-order valence-corrected chi connectivity index (χ1v) is 5.20. The molecule has 1 aliphatic heterocycles. The van der Waals surface area contributed by atoms with Gasteiger partial charge in [-0.25, -0.2) is 8.42 Å². The van der Waals surface area contributed by atoms with Crippen LogP contribution < -0.4 is 0 Å². The highest BCUT2D eigenvalue weighted by Crippen LogP contribution is 2.20. The van der Waals surface area contributed by atoms with Crippen molar-refractivity contribution >= 4 is 15.9 Å². The largest absolute Gasteiger partial charge is 0.256 e. The maximum absolute atomic E-state index is 11.4. The predicted octanol–water partition coefficient (Wildman–Crippen LogP) is 0.882. The van der Waals surface area contributed by atoms with Crippen molar-refractivity contribution in [2.45, 2.75) is 4.90 Å². The standard InChI is InChI=1S/C8H7NO2S/c10-12(11)6-2-3-7-8(12)4-1-5-9-7/h1-5H,6H2. The van der Waals surface area contributed by atoms with Crippen molar-refractivity contribution in [3.05, 3.63) is 30.1 Å². The molecular weight excluding hydrogens is 174 g/mol. The lowest BCUT2D eigenvalue weighted by Crippen LogP contribution is -2.10. The van der Waals surface area contributed by atoms with E-state index in [1.54, 1.807) is 30.5 Å². The van der Waals surface area contributed by atoms with Gasteiger partial charge in [0.25, 0.3) is 0 Å². The number of fused-ring (bicyclic) bond motifs is 1. The van der Waals surface area contributed by atoms with E-state index in [-0.39, 0.29) is 5.75 Å². The minimum atomic E-state index is -3.09. The third-order valence-corrected chi connectivity index (χ3v) is 3.37. The van der Waals surface area contributed by atoms with Crippen molar-refractivity contribution < 1.29 is 8.42 Å². The Hall–Kier alpha value is -1.16. The fourth-order valence-electron chi connectivity index (χ4n) is 1.17. The van der Waals surface area contributed by atoms with Crippen molar-refractivity contribution in [1.82, 2.24) is 4.98 Å². The lowest BCUT2D eigenvalue weighted by Gasteiger charge is -2.08. The number of pyridine rings is 1. The highest BCUT2D eigenvalue weighted by atomic mass is 32.2. The monoisotopic (exact) mass is 181 g/mol. The van der Waals surface area contributed by atoms with Gasteiger partial charge in [0, 0.05) is 6.20 Å². The van der Waals surface area contributed by atoms with Crippen molar-refractivity contribution in [2.24, 2.45) is 0 Å². The van der Waals surface area contributed by atoms with Crippen LogP contribution in [-0.4, -0.2) is 19.2 Å². The van der Waals surface area contributed by atoms with Gasteiger partial charge in [0.1, 0.15) is 0 Å². The number of sulfone groups is 1. The van der Waals surface area contributed by atoms with Gasteiger partial charge in [0.15, 0.2) is 9.84 Å². The summed E-state index contributed by atoms with van der Waals surface area (Å²) in [7, 11) is -3.09. The topological polar surface area (TPSA) is 47.0 Å². The Labute approximate surface area is 70.7 Å². The Balaban J connectivity index is 2.77. The van der Waals surface area contributed by atoms with Crippen LogP contribution in [0.1, 0.15) is 5.69 Å². The second-order valence-corrected chi connectivity index (χ2v) is 4.57. The van der Waals surface area contributed by atoms with Crippen LogP contribution in [0.4, 0.5) is 0 Å². The van der Waals surface area contributed by atoms with Gasteiger partial charge in [-0.15, -0.1) is 0 Å². The van der Waals surface area contributed by atoms with Crippen LogP contribution in [0.25, 0.3) is 6.08 Å². The lowest BCUT2D eigenvalue weighted by atomic mass is 10.3. The first kappa shape index (κ1) is 7.49. The molecule has 4 heteroatoms. The maximum Gasteiger partial charge on any atom is 0.184 e. The quantitative estimate of drug-likeness (QED) is 0.597. The van der Waals surface area contributed by atoms with E-state index < -0.39 is 9.84 Å². The van der Waals surface area contributed by atoms with E-state index >= 15 is 0 Å². The molecule has 2 heterocycles. The minimum Gasteiger partial charge on any atom is -0.256 e. The molecule has 0 bridgehead atoms. The van der Waals surface area contributed by atoms with Gasteiger partial charge < -0.3 is 0 Å². The molecule has 0 aromatic carbocycles. The van der Waals surface area contributed by atoms with Gasteiger partial charge in [-0.2, -0.15) is 0 Å². The van der Waals surface area contributed by atoms with Crippen LogP contribution in [-0.2, 0) is 9.84 Å². The van der Waals surface area contributed by atoms with Crippen molar-refractivity contribution in [3.8, 4) is 0 Å². The zero-order valence-electron chi connectivity index (χ0n) is 6.27. The Morgan fingerprint density at radius 2 is 2.25 bits per heavy atom. The summed E-state index contributed by atoms with van der Waals surface area (Å²) in [6.45, 7) is 0. The Bertz CT molecular complexity index is 434. The summed E-state index contributed by atoms with van der Waals surface area (Å²) < 4.78 is 22.8. The summed E-state index contributed by atoms with van der Waals surface area (Å²) in [6, 6.07) is 3.22. The fourth-order valence-corrected chi connectivity index (χ4v) is 2.42. The lowest BCUT2D eigenvalue weighted by molar-refractivity contribution is 0.598. The van der Waals surface area contributed by atoms with E-state index in [9.17, 15) is 8.42 Å². The molecule has 62 valence electrons. The summed E-state index contributed by atoms with van der Waals surface area (Å²) in [6.07, 6.45) is 4.94. The molecule has 0 N–H and O–H groups in total. The minimum absolute atomic E-state index is 0.0890. The van der Waals surface area contributed by atoms with Gasteiger partial charge >= 0.3 is 0 Å². The first-order valence-electron chi connectivity index (χ1n) is 3.54. The van der Waals surface area contributed by atoms with Crippen LogP contribution in [0.15, 0.2) is 29.3 Å². The molecule has 0 saturated carbocycles. The maximum atomic E-state index is 11.4. The second kappa shape index (κ2) is 2.42. The molecule has 0 unspecified atom stereocenters. The number of nitrogens with zero attached hydrogens (tertiary/aromatic N) is 1. The molecule has 0 radical (unpaired) electrons. The smallest absolute Gasteiger partial charge is 0.184 e. The molecule has 0 fully saturated rings. The average molecular weight is 181 g/mol. The van der Waals surface area contributed by atoms with E-state index in [0.717, 1.165) is 0 Å². The number of aromatic nitrogens is 1. The highest BCUT2D eigenvalue weighted by molar-refractivity contribution is 7.91. The Kier molecular flexibility index (Phi) is 1.51. The van der Waals surface area contributed by atoms with Gasteiger partial charge in [-0.3, -0.25) is 4.98 Å². The molecule has 1 aliphatic rings. The highest BCUT2D eigenvalue weighted by Gasteiger charge is 2.19. The zero-order chi connectivity index (χ0) is 8.60. The number of hydrogen-bond donors (Lipinski definition) is 0. The van der Waals surface area contributed by atoms with Crippen LogP contribution in [0.2, 0.25) is 0 Å². The van der Waals surface area contributed by atoms with Crippen molar-refractivity contribution in [1.29, 1.82) is 0 Å². The van der Waals surface area contributed by atoms with E-state index in [1.165, 1.54) is 0 Å². The molecule has 0 amide bonds. The second-order valence-electron chi connectivity index (χ2n) is 2.57. The number of rotatable bonds is 0. The fraction of sp³-hybridized carbons (Fsp3) is 0.125. The number of hydrogen-bond acceptors (Lipinski definition) is 3. The summed E-state index contributed by atoms with van der Waals surface area (Å²) in [5.74, 6) is 0.0890. The molecule has 0 saturated heterocycles. The van der Waals surface area contributed by atoms with Crippen LogP contribution >= 0.6 is 0 Å². The van der Waals surface area contributed by atoms with Crippen LogP contribution in [0.5, 0.6) is 0 Å². The van der Waals surface area contributed by atoms with E-state index in [4.69, 9.17) is 0 Å². The van der Waals surface area contributed by atoms with E-state index in [2.05, 4.69) is 4.98 Å². The average Bonchev–Trinajstić information content (AvgIpc) is 2.04. The summed E-state index contributed by atoms with van der Waals surface area (Å²) in [5.41, 5.74) is 0.545. The molecule has 3 nitrogen and oxygen atoms in total.